The maximum absolute atomic E-state index is 9.32. The summed E-state index contributed by atoms with van der Waals surface area (Å²) in [5.74, 6) is 0.0187. The molecule has 1 heterocycles. The molecule has 2 aromatic rings. The number of halogens is 1. The summed E-state index contributed by atoms with van der Waals surface area (Å²) in [6, 6.07) is 12.2. The quantitative estimate of drug-likeness (QED) is 0.837. The van der Waals surface area contributed by atoms with Crippen LogP contribution in [0, 0.1) is 11.3 Å². The van der Waals surface area contributed by atoms with Crippen LogP contribution in [0.3, 0.4) is 0 Å². The number of aromatic hydroxyl groups is 1. The van der Waals surface area contributed by atoms with Crippen LogP contribution in [0.1, 0.15) is 11.3 Å². The summed E-state index contributed by atoms with van der Waals surface area (Å²) in [5.41, 5.74) is 1.78. The highest BCUT2D eigenvalue weighted by Crippen LogP contribution is 2.25. The SMILES string of the molecule is N#CC(=Cc1ccc(O)c(Cl)c1)c1ccccn1. The molecule has 0 unspecified atom stereocenters. The lowest BCUT2D eigenvalue weighted by atomic mass is 10.1. The van der Waals surface area contributed by atoms with Crippen molar-refractivity contribution in [3.63, 3.8) is 0 Å². The molecule has 0 saturated heterocycles. The lowest BCUT2D eigenvalue weighted by molar-refractivity contribution is 0.475. The second-order valence-electron chi connectivity index (χ2n) is 3.60. The number of phenols is 1. The number of phenolic OH excluding ortho intramolecular Hbond substituents is 1. The van der Waals surface area contributed by atoms with Crippen molar-refractivity contribution in [3.05, 3.63) is 58.9 Å². The minimum Gasteiger partial charge on any atom is -0.506 e. The van der Waals surface area contributed by atoms with Gasteiger partial charge in [0.05, 0.1) is 16.3 Å². The third kappa shape index (κ3) is 2.68. The van der Waals surface area contributed by atoms with Gasteiger partial charge in [0.1, 0.15) is 11.8 Å². The Morgan fingerprint density at radius 3 is 2.78 bits per heavy atom. The molecule has 88 valence electrons. The molecule has 2 rings (SSSR count). The molecule has 0 aliphatic rings. The smallest absolute Gasteiger partial charge is 0.134 e. The summed E-state index contributed by atoms with van der Waals surface area (Å²) in [6.07, 6.45) is 3.30. The average molecular weight is 257 g/mol. The molecule has 0 bridgehead atoms. The molecule has 0 aliphatic heterocycles. The molecule has 18 heavy (non-hydrogen) atoms. The summed E-state index contributed by atoms with van der Waals surface area (Å²) >= 11 is 5.81. The fourth-order valence-corrected chi connectivity index (χ4v) is 1.65. The van der Waals surface area contributed by atoms with E-state index in [9.17, 15) is 5.11 Å². The topological polar surface area (TPSA) is 56.9 Å². The molecular formula is C14H9ClN2O. The van der Waals surface area contributed by atoms with Gasteiger partial charge in [-0.3, -0.25) is 4.98 Å². The van der Waals surface area contributed by atoms with E-state index in [1.807, 2.05) is 6.07 Å². The van der Waals surface area contributed by atoms with Crippen LogP contribution in [0.25, 0.3) is 11.6 Å². The van der Waals surface area contributed by atoms with Crippen LogP contribution >= 0.6 is 11.6 Å². The number of aromatic nitrogens is 1. The van der Waals surface area contributed by atoms with Gasteiger partial charge in [0.15, 0.2) is 0 Å². The minimum atomic E-state index is 0.0187. The number of rotatable bonds is 2. The number of pyridine rings is 1. The van der Waals surface area contributed by atoms with E-state index in [1.54, 1.807) is 36.5 Å². The first-order valence-electron chi connectivity index (χ1n) is 5.22. The van der Waals surface area contributed by atoms with Gasteiger partial charge in [-0.1, -0.05) is 23.7 Å². The van der Waals surface area contributed by atoms with Crippen molar-refractivity contribution in [2.24, 2.45) is 0 Å². The molecule has 3 nitrogen and oxygen atoms in total. The highest BCUT2D eigenvalue weighted by Gasteiger charge is 2.03. The van der Waals surface area contributed by atoms with Crippen molar-refractivity contribution in [1.29, 1.82) is 5.26 Å². The Morgan fingerprint density at radius 2 is 2.17 bits per heavy atom. The summed E-state index contributed by atoms with van der Waals surface area (Å²) in [5, 5.41) is 18.7. The van der Waals surface area contributed by atoms with Gasteiger partial charge in [0, 0.05) is 6.20 Å². The first-order chi connectivity index (χ1) is 8.70. The molecule has 4 heteroatoms. The zero-order valence-electron chi connectivity index (χ0n) is 9.34. The average Bonchev–Trinajstić information content (AvgIpc) is 2.41. The predicted octanol–water partition coefficient (Wildman–Crippen LogP) is 3.50. The van der Waals surface area contributed by atoms with Crippen molar-refractivity contribution < 1.29 is 5.11 Å². The molecule has 0 saturated carbocycles. The van der Waals surface area contributed by atoms with Crippen LogP contribution in [0.5, 0.6) is 5.75 Å². The Labute approximate surface area is 110 Å². The highest BCUT2D eigenvalue weighted by molar-refractivity contribution is 6.32. The lowest BCUT2D eigenvalue weighted by Crippen LogP contribution is -1.85. The number of hydrogen-bond donors (Lipinski definition) is 1. The molecule has 1 aromatic carbocycles. The van der Waals surface area contributed by atoms with Crippen molar-refractivity contribution in [2.45, 2.75) is 0 Å². The van der Waals surface area contributed by atoms with Crippen LogP contribution < -0.4 is 0 Å². The standard InChI is InChI=1S/C14H9ClN2O/c15-12-8-10(4-5-14(12)18)7-11(9-16)13-3-1-2-6-17-13/h1-8,18H. The van der Waals surface area contributed by atoms with Gasteiger partial charge in [-0.05, 0) is 35.9 Å². The normalized spacial score (nSPS) is 11.0. The number of benzene rings is 1. The van der Waals surface area contributed by atoms with Crippen molar-refractivity contribution in [3.8, 4) is 11.8 Å². The van der Waals surface area contributed by atoms with Crippen LogP contribution in [0.4, 0.5) is 0 Å². The van der Waals surface area contributed by atoms with Crippen molar-refractivity contribution in [1.82, 2.24) is 4.98 Å². The largest absolute Gasteiger partial charge is 0.506 e. The fourth-order valence-electron chi connectivity index (χ4n) is 1.47. The summed E-state index contributed by atoms with van der Waals surface area (Å²) < 4.78 is 0. The van der Waals surface area contributed by atoms with E-state index in [2.05, 4.69) is 11.1 Å². The van der Waals surface area contributed by atoms with Gasteiger partial charge in [-0.2, -0.15) is 5.26 Å². The number of allylic oxidation sites excluding steroid dienone is 1. The van der Waals surface area contributed by atoms with Crippen molar-refractivity contribution in [2.75, 3.05) is 0 Å². The maximum Gasteiger partial charge on any atom is 0.134 e. The van der Waals surface area contributed by atoms with Crippen LogP contribution in [-0.4, -0.2) is 10.1 Å². The van der Waals surface area contributed by atoms with E-state index >= 15 is 0 Å². The van der Waals surface area contributed by atoms with E-state index in [1.165, 1.54) is 6.07 Å². The van der Waals surface area contributed by atoms with Crippen LogP contribution in [0.15, 0.2) is 42.6 Å². The molecule has 1 N–H and O–H groups in total. The van der Waals surface area contributed by atoms with E-state index in [0.717, 1.165) is 5.56 Å². The van der Waals surface area contributed by atoms with Gasteiger partial charge < -0.3 is 5.11 Å². The Morgan fingerprint density at radius 1 is 1.33 bits per heavy atom. The molecule has 0 radical (unpaired) electrons. The first-order valence-corrected chi connectivity index (χ1v) is 5.60. The van der Waals surface area contributed by atoms with E-state index in [0.29, 0.717) is 11.3 Å². The predicted molar refractivity (Wildman–Crippen MR) is 70.8 cm³/mol. The number of nitriles is 1. The van der Waals surface area contributed by atoms with Crippen molar-refractivity contribution >= 4 is 23.3 Å². The van der Waals surface area contributed by atoms with E-state index in [-0.39, 0.29) is 10.8 Å². The molecular weight excluding hydrogens is 248 g/mol. The molecule has 1 aromatic heterocycles. The Hall–Kier alpha value is -2.31. The van der Waals surface area contributed by atoms with E-state index in [4.69, 9.17) is 16.9 Å². The zero-order chi connectivity index (χ0) is 13.0. The zero-order valence-corrected chi connectivity index (χ0v) is 10.1. The van der Waals surface area contributed by atoms with Crippen LogP contribution in [0.2, 0.25) is 5.02 Å². The maximum atomic E-state index is 9.32. The Kier molecular flexibility index (Phi) is 3.61. The van der Waals surface area contributed by atoms with E-state index < -0.39 is 0 Å². The Bertz CT molecular complexity index is 630. The Balaban J connectivity index is 2.42. The lowest BCUT2D eigenvalue weighted by Gasteiger charge is -2.00. The second-order valence-corrected chi connectivity index (χ2v) is 4.00. The number of hydrogen-bond acceptors (Lipinski definition) is 3. The fraction of sp³-hybridized carbons (Fsp3) is 0. The summed E-state index contributed by atoms with van der Waals surface area (Å²) in [7, 11) is 0. The van der Waals surface area contributed by atoms with Gasteiger partial charge in [-0.25, -0.2) is 0 Å². The summed E-state index contributed by atoms with van der Waals surface area (Å²) in [4.78, 5) is 4.11. The first kappa shape index (κ1) is 12.2. The third-order valence-corrected chi connectivity index (χ3v) is 2.65. The molecule has 0 amide bonds. The second kappa shape index (κ2) is 5.35. The van der Waals surface area contributed by atoms with Crippen LogP contribution in [-0.2, 0) is 0 Å². The monoisotopic (exact) mass is 256 g/mol. The van der Waals surface area contributed by atoms with Gasteiger partial charge in [0.25, 0.3) is 0 Å². The third-order valence-electron chi connectivity index (χ3n) is 2.34. The highest BCUT2D eigenvalue weighted by atomic mass is 35.5. The molecule has 0 atom stereocenters. The van der Waals surface area contributed by atoms with Gasteiger partial charge in [0.2, 0.25) is 0 Å². The number of nitrogens with zero attached hydrogens (tertiary/aromatic N) is 2. The minimum absolute atomic E-state index is 0.0187. The van der Waals surface area contributed by atoms with Gasteiger partial charge >= 0.3 is 0 Å². The molecule has 0 aliphatic carbocycles. The van der Waals surface area contributed by atoms with Gasteiger partial charge in [-0.15, -0.1) is 0 Å². The summed E-state index contributed by atoms with van der Waals surface area (Å²) in [6.45, 7) is 0. The molecule has 0 fully saturated rings. The molecule has 0 spiro atoms.